The van der Waals surface area contributed by atoms with Crippen molar-refractivity contribution in [3.05, 3.63) is 60.2 Å². The maximum atomic E-state index is 12.2. The molecule has 2 rings (SSSR count). The molecule has 1 amide bonds. The van der Waals surface area contributed by atoms with Crippen LogP contribution in [0.4, 0.5) is 0 Å². The lowest BCUT2D eigenvalue weighted by Gasteiger charge is -2.15. The summed E-state index contributed by atoms with van der Waals surface area (Å²) in [5.74, 6) is -2.06. The van der Waals surface area contributed by atoms with Crippen molar-refractivity contribution in [2.24, 2.45) is 5.92 Å². The topological polar surface area (TPSA) is 90.2 Å². The summed E-state index contributed by atoms with van der Waals surface area (Å²) in [6, 6.07) is 17.6. The van der Waals surface area contributed by atoms with Crippen molar-refractivity contribution in [3.8, 4) is 17.2 Å². The average molecular weight is 322 g/mol. The van der Waals surface area contributed by atoms with E-state index in [4.69, 9.17) is 5.26 Å². The van der Waals surface area contributed by atoms with E-state index in [-0.39, 0.29) is 6.42 Å². The molecule has 2 aromatic carbocycles. The van der Waals surface area contributed by atoms with Crippen molar-refractivity contribution < 1.29 is 14.7 Å². The first-order valence-electron chi connectivity index (χ1n) is 7.60. The molecule has 0 heterocycles. The number of nitrogens with one attached hydrogen (secondary N) is 1. The summed E-state index contributed by atoms with van der Waals surface area (Å²) in [6.45, 7) is 1.62. The van der Waals surface area contributed by atoms with Crippen LogP contribution in [0.5, 0.6) is 0 Å². The fourth-order valence-corrected chi connectivity index (χ4v) is 2.31. The highest BCUT2D eigenvalue weighted by molar-refractivity contribution is 5.97. The van der Waals surface area contributed by atoms with Gasteiger partial charge in [0.05, 0.1) is 6.07 Å². The third-order valence-corrected chi connectivity index (χ3v) is 3.67. The molecule has 2 aromatic rings. The molecule has 2 atom stereocenters. The van der Waals surface area contributed by atoms with Crippen LogP contribution < -0.4 is 5.32 Å². The lowest BCUT2D eigenvalue weighted by molar-refractivity contribution is -0.139. The molecule has 5 nitrogen and oxygen atoms in total. The predicted octanol–water partition coefficient (Wildman–Crippen LogP) is 3.09. The van der Waals surface area contributed by atoms with E-state index in [1.165, 1.54) is 0 Å². The van der Waals surface area contributed by atoms with E-state index in [0.29, 0.717) is 5.56 Å². The Morgan fingerprint density at radius 3 is 2.21 bits per heavy atom. The summed E-state index contributed by atoms with van der Waals surface area (Å²) in [5.41, 5.74) is 2.39. The zero-order valence-electron chi connectivity index (χ0n) is 13.3. The van der Waals surface area contributed by atoms with Crippen LogP contribution in [0.1, 0.15) is 23.7 Å². The Kier molecular flexibility index (Phi) is 5.69. The van der Waals surface area contributed by atoms with Gasteiger partial charge in [-0.15, -0.1) is 0 Å². The highest BCUT2D eigenvalue weighted by Gasteiger charge is 2.23. The molecule has 0 spiro atoms. The number of nitrogens with zero attached hydrogens (tertiary/aromatic N) is 1. The SMILES string of the molecule is C[C@H](C#N)C[C@H](NC(=O)c1ccc(-c2ccccc2)cc1)C(=O)O. The fourth-order valence-electron chi connectivity index (χ4n) is 2.31. The zero-order chi connectivity index (χ0) is 17.5. The van der Waals surface area contributed by atoms with Crippen LogP contribution in [0.25, 0.3) is 11.1 Å². The molecule has 0 aliphatic heterocycles. The monoisotopic (exact) mass is 322 g/mol. The molecule has 0 fully saturated rings. The van der Waals surface area contributed by atoms with Crippen molar-refractivity contribution in [1.29, 1.82) is 5.26 Å². The lowest BCUT2D eigenvalue weighted by Crippen LogP contribution is -2.41. The van der Waals surface area contributed by atoms with Crippen molar-refractivity contribution in [1.82, 2.24) is 5.32 Å². The van der Waals surface area contributed by atoms with Gasteiger partial charge in [-0.05, 0) is 36.6 Å². The number of carbonyl (C=O) groups is 2. The Hall–Kier alpha value is -3.13. The number of carboxylic acid groups (broad SMARTS) is 1. The van der Waals surface area contributed by atoms with Crippen LogP contribution in [-0.4, -0.2) is 23.0 Å². The first-order valence-corrected chi connectivity index (χ1v) is 7.60. The van der Waals surface area contributed by atoms with E-state index in [2.05, 4.69) is 5.32 Å². The van der Waals surface area contributed by atoms with E-state index in [1.54, 1.807) is 19.1 Å². The first-order chi connectivity index (χ1) is 11.5. The van der Waals surface area contributed by atoms with E-state index in [1.807, 2.05) is 48.5 Å². The van der Waals surface area contributed by atoms with Gasteiger partial charge in [-0.2, -0.15) is 5.26 Å². The largest absolute Gasteiger partial charge is 0.480 e. The molecule has 0 saturated carbocycles. The molecule has 0 bridgehead atoms. The number of hydrogen-bond acceptors (Lipinski definition) is 3. The van der Waals surface area contributed by atoms with Gasteiger partial charge in [0, 0.05) is 11.5 Å². The minimum absolute atomic E-state index is 0.0691. The van der Waals surface area contributed by atoms with E-state index in [0.717, 1.165) is 11.1 Å². The van der Waals surface area contributed by atoms with Gasteiger partial charge in [-0.1, -0.05) is 42.5 Å². The van der Waals surface area contributed by atoms with Crippen LogP contribution in [0.15, 0.2) is 54.6 Å². The molecule has 0 saturated heterocycles. The van der Waals surface area contributed by atoms with E-state index in [9.17, 15) is 14.7 Å². The lowest BCUT2D eigenvalue weighted by atomic mass is 10.0. The Balaban J connectivity index is 2.09. The molecule has 122 valence electrons. The van der Waals surface area contributed by atoms with Gasteiger partial charge >= 0.3 is 5.97 Å². The zero-order valence-corrected chi connectivity index (χ0v) is 13.3. The Labute approximate surface area is 140 Å². The van der Waals surface area contributed by atoms with Crippen LogP contribution in [0.2, 0.25) is 0 Å². The molecule has 24 heavy (non-hydrogen) atoms. The number of carboxylic acids is 1. The van der Waals surface area contributed by atoms with Gasteiger partial charge in [0.15, 0.2) is 0 Å². The van der Waals surface area contributed by atoms with E-state index >= 15 is 0 Å². The predicted molar refractivity (Wildman–Crippen MR) is 90.2 cm³/mol. The van der Waals surface area contributed by atoms with Crippen LogP contribution >= 0.6 is 0 Å². The molecule has 2 N–H and O–H groups in total. The first kappa shape index (κ1) is 17.2. The summed E-state index contributed by atoms with van der Waals surface area (Å²) in [4.78, 5) is 23.5. The van der Waals surface area contributed by atoms with Gasteiger partial charge in [0.2, 0.25) is 0 Å². The minimum atomic E-state index is -1.15. The second kappa shape index (κ2) is 7.93. The van der Waals surface area contributed by atoms with Gasteiger partial charge in [0.1, 0.15) is 6.04 Å². The fraction of sp³-hybridized carbons (Fsp3) is 0.211. The number of benzene rings is 2. The molecule has 0 unspecified atom stereocenters. The number of aliphatic carboxylic acids is 1. The van der Waals surface area contributed by atoms with Gasteiger partial charge < -0.3 is 10.4 Å². The van der Waals surface area contributed by atoms with Crippen molar-refractivity contribution >= 4 is 11.9 Å². The highest BCUT2D eigenvalue weighted by Crippen LogP contribution is 2.19. The summed E-state index contributed by atoms with van der Waals surface area (Å²) >= 11 is 0. The number of rotatable bonds is 6. The second-order valence-corrected chi connectivity index (χ2v) is 5.57. The Morgan fingerprint density at radius 1 is 1.08 bits per heavy atom. The Bertz CT molecular complexity index is 748. The average Bonchev–Trinajstić information content (AvgIpc) is 2.61. The van der Waals surface area contributed by atoms with Gasteiger partial charge in [-0.25, -0.2) is 4.79 Å². The molecule has 0 aromatic heterocycles. The van der Waals surface area contributed by atoms with Crippen LogP contribution in [0, 0.1) is 17.2 Å². The van der Waals surface area contributed by atoms with Crippen molar-refractivity contribution in [3.63, 3.8) is 0 Å². The van der Waals surface area contributed by atoms with Gasteiger partial charge in [0.25, 0.3) is 5.91 Å². The third kappa shape index (κ3) is 4.43. The van der Waals surface area contributed by atoms with E-state index < -0.39 is 23.8 Å². The Morgan fingerprint density at radius 2 is 1.67 bits per heavy atom. The summed E-state index contributed by atoms with van der Waals surface area (Å²) in [6.07, 6.45) is 0.0691. The quantitative estimate of drug-likeness (QED) is 0.855. The number of nitriles is 1. The molecule has 0 radical (unpaired) electrons. The van der Waals surface area contributed by atoms with Crippen molar-refractivity contribution in [2.75, 3.05) is 0 Å². The van der Waals surface area contributed by atoms with Crippen LogP contribution in [-0.2, 0) is 4.79 Å². The number of hydrogen-bond donors (Lipinski definition) is 2. The highest BCUT2D eigenvalue weighted by atomic mass is 16.4. The molecule has 5 heteroatoms. The molecule has 0 aliphatic rings. The number of carbonyl (C=O) groups excluding carboxylic acids is 1. The maximum Gasteiger partial charge on any atom is 0.326 e. The molecular weight excluding hydrogens is 304 g/mol. The summed E-state index contributed by atoms with van der Waals surface area (Å²) in [5, 5.41) is 20.4. The standard InChI is InChI=1S/C19H18N2O3/c1-13(12-20)11-17(19(23)24)21-18(22)16-9-7-15(8-10-16)14-5-3-2-4-6-14/h2-10,13,17H,11H2,1H3,(H,21,22)(H,23,24)/t13-,17-/m0/s1. The molecule has 0 aliphatic carbocycles. The smallest absolute Gasteiger partial charge is 0.326 e. The maximum absolute atomic E-state index is 12.2. The normalized spacial score (nSPS) is 12.7. The minimum Gasteiger partial charge on any atom is -0.480 e. The summed E-state index contributed by atoms with van der Waals surface area (Å²) in [7, 11) is 0. The van der Waals surface area contributed by atoms with Crippen molar-refractivity contribution in [2.45, 2.75) is 19.4 Å². The third-order valence-electron chi connectivity index (χ3n) is 3.67. The summed E-state index contributed by atoms with van der Waals surface area (Å²) < 4.78 is 0. The number of amides is 1. The van der Waals surface area contributed by atoms with Crippen LogP contribution in [0.3, 0.4) is 0 Å². The molecular formula is C19H18N2O3. The second-order valence-electron chi connectivity index (χ2n) is 5.57. The van der Waals surface area contributed by atoms with Gasteiger partial charge in [-0.3, -0.25) is 4.79 Å².